The topological polar surface area (TPSA) is 61.4 Å². The Morgan fingerprint density at radius 3 is 2.74 bits per heavy atom. The second-order valence-corrected chi connectivity index (χ2v) is 7.87. The van der Waals surface area contributed by atoms with E-state index in [4.69, 9.17) is 0 Å². The van der Waals surface area contributed by atoms with Crippen LogP contribution in [0.25, 0.3) is 0 Å². The summed E-state index contributed by atoms with van der Waals surface area (Å²) in [6.07, 6.45) is 3.26. The summed E-state index contributed by atoms with van der Waals surface area (Å²) in [5.74, 6) is 6.42. The Morgan fingerprint density at radius 1 is 1.16 bits per heavy atom. The van der Waals surface area contributed by atoms with Crippen molar-refractivity contribution >= 4 is 17.5 Å². The van der Waals surface area contributed by atoms with Crippen LogP contribution in [0.4, 0.5) is 14.9 Å². The van der Waals surface area contributed by atoms with Crippen molar-refractivity contribution in [1.82, 2.24) is 10.2 Å². The maximum absolute atomic E-state index is 13.1. The molecule has 2 aromatic rings. The molecule has 0 aromatic heterocycles. The van der Waals surface area contributed by atoms with E-state index >= 15 is 0 Å². The number of nitrogens with zero attached hydrogens (tertiary/aromatic N) is 1. The van der Waals surface area contributed by atoms with Gasteiger partial charge in [-0.2, -0.15) is 0 Å². The van der Waals surface area contributed by atoms with Gasteiger partial charge >= 0.3 is 6.03 Å². The first-order valence-electron chi connectivity index (χ1n) is 10.6. The fourth-order valence-corrected chi connectivity index (χ4v) is 3.76. The van der Waals surface area contributed by atoms with Crippen LogP contribution in [0, 0.1) is 23.6 Å². The number of piperidine rings is 1. The van der Waals surface area contributed by atoms with Crippen molar-refractivity contribution in [2.75, 3.05) is 31.5 Å². The van der Waals surface area contributed by atoms with Crippen LogP contribution in [-0.4, -0.2) is 42.9 Å². The maximum Gasteiger partial charge on any atom is 0.319 e. The summed E-state index contributed by atoms with van der Waals surface area (Å²) in [7, 11) is 0. The van der Waals surface area contributed by atoms with E-state index in [1.54, 1.807) is 24.3 Å². The zero-order valence-corrected chi connectivity index (χ0v) is 17.8. The first-order valence-corrected chi connectivity index (χ1v) is 10.6. The van der Waals surface area contributed by atoms with Crippen molar-refractivity contribution < 1.29 is 14.0 Å². The molecule has 5 nitrogen and oxygen atoms in total. The monoisotopic (exact) mass is 421 g/mol. The summed E-state index contributed by atoms with van der Waals surface area (Å²) in [6.45, 7) is 4.42. The van der Waals surface area contributed by atoms with Gasteiger partial charge in [0.25, 0.3) is 0 Å². The third-order valence-corrected chi connectivity index (χ3v) is 5.33. The van der Waals surface area contributed by atoms with Gasteiger partial charge < -0.3 is 10.6 Å². The predicted octanol–water partition coefficient (Wildman–Crippen LogP) is 4.11. The Hall–Kier alpha value is -3.17. The van der Waals surface area contributed by atoms with Gasteiger partial charge in [0.1, 0.15) is 5.82 Å². The quantitative estimate of drug-likeness (QED) is 0.545. The molecule has 1 saturated heterocycles. The van der Waals surface area contributed by atoms with E-state index < -0.39 is 0 Å². The molecule has 3 rings (SSSR count). The molecule has 1 fully saturated rings. The third kappa shape index (κ3) is 7.54. The highest BCUT2D eigenvalue weighted by molar-refractivity contribution is 5.96. The lowest BCUT2D eigenvalue weighted by Crippen LogP contribution is -2.36. The van der Waals surface area contributed by atoms with Crippen molar-refractivity contribution in [3.63, 3.8) is 0 Å². The highest BCUT2D eigenvalue weighted by Crippen LogP contribution is 2.20. The molecule has 0 spiro atoms. The molecule has 0 saturated carbocycles. The van der Waals surface area contributed by atoms with E-state index in [0.717, 1.165) is 25.9 Å². The van der Waals surface area contributed by atoms with Crippen molar-refractivity contribution in [3.05, 3.63) is 65.5 Å². The minimum absolute atomic E-state index is 0.0486. The molecule has 0 radical (unpaired) electrons. The van der Waals surface area contributed by atoms with E-state index in [1.165, 1.54) is 31.0 Å². The molecule has 31 heavy (non-hydrogen) atoms. The van der Waals surface area contributed by atoms with Crippen LogP contribution in [0.15, 0.2) is 48.5 Å². The Balaban J connectivity index is 1.38. The normalized spacial score (nSPS) is 16.1. The fraction of sp³-hybridized carbons (Fsp3) is 0.360. The molecule has 6 heteroatoms. The number of urea groups is 1. The summed E-state index contributed by atoms with van der Waals surface area (Å²) < 4.78 is 13.1. The van der Waals surface area contributed by atoms with E-state index in [0.29, 0.717) is 23.7 Å². The molecule has 162 valence electrons. The van der Waals surface area contributed by atoms with Crippen LogP contribution >= 0.6 is 0 Å². The highest BCUT2D eigenvalue weighted by Gasteiger charge is 2.19. The average molecular weight is 422 g/mol. The highest BCUT2D eigenvalue weighted by atomic mass is 19.1. The number of amides is 2. The molecule has 0 aliphatic carbocycles. The van der Waals surface area contributed by atoms with Crippen molar-refractivity contribution in [2.24, 2.45) is 5.92 Å². The molecule has 2 amide bonds. The van der Waals surface area contributed by atoms with E-state index in [9.17, 15) is 14.0 Å². The van der Waals surface area contributed by atoms with Crippen LogP contribution in [0.3, 0.4) is 0 Å². The summed E-state index contributed by atoms with van der Waals surface area (Å²) in [5, 5.41) is 5.41. The number of carbonyl (C=O) groups excluding carboxylic acids is 2. The van der Waals surface area contributed by atoms with Gasteiger partial charge in [-0.25, -0.2) is 9.18 Å². The molecular weight excluding hydrogens is 393 g/mol. The number of ketones is 1. The van der Waals surface area contributed by atoms with Crippen LogP contribution in [0.1, 0.15) is 35.7 Å². The molecule has 1 aliphatic heterocycles. The van der Waals surface area contributed by atoms with E-state index in [-0.39, 0.29) is 24.2 Å². The molecule has 2 aromatic carbocycles. The molecule has 1 aliphatic rings. The van der Waals surface area contributed by atoms with Gasteiger partial charge in [-0.3, -0.25) is 9.69 Å². The van der Waals surface area contributed by atoms with Crippen LogP contribution in [0.5, 0.6) is 0 Å². The number of Topliss-reactive ketones (excluding diaryl/α,β-unsaturated/α-hetero) is 1. The van der Waals surface area contributed by atoms with Crippen molar-refractivity contribution in [3.8, 4) is 11.8 Å². The number of nitrogens with one attached hydrogen (secondary N) is 2. The second kappa shape index (κ2) is 11.3. The SMILES string of the molecule is CC(=O)c1cccc(NC(=O)NCC#CCN2CCCC(Cc3ccc(F)cc3)C2)c1. The van der Waals surface area contributed by atoms with Crippen LogP contribution in [0.2, 0.25) is 0 Å². The summed E-state index contributed by atoms with van der Waals surface area (Å²) in [6, 6.07) is 13.2. The summed E-state index contributed by atoms with van der Waals surface area (Å²) in [4.78, 5) is 25.7. The minimum Gasteiger partial charge on any atom is -0.327 e. The molecule has 2 N–H and O–H groups in total. The van der Waals surface area contributed by atoms with E-state index in [1.807, 2.05) is 12.1 Å². The Morgan fingerprint density at radius 2 is 1.97 bits per heavy atom. The fourth-order valence-electron chi connectivity index (χ4n) is 3.76. The lowest BCUT2D eigenvalue weighted by atomic mass is 9.91. The number of anilines is 1. The number of carbonyl (C=O) groups is 2. The Kier molecular flexibility index (Phi) is 8.19. The van der Waals surface area contributed by atoms with Gasteiger partial charge in [-0.15, -0.1) is 0 Å². The van der Waals surface area contributed by atoms with Gasteiger partial charge in [-0.1, -0.05) is 36.1 Å². The Bertz CT molecular complexity index is 963. The van der Waals surface area contributed by atoms with Gasteiger partial charge in [-0.05, 0) is 68.5 Å². The lowest BCUT2D eigenvalue weighted by molar-refractivity contribution is 0.101. The second-order valence-electron chi connectivity index (χ2n) is 7.87. The van der Waals surface area contributed by atoms with E-state index in [2.05, 4.69) is 27.4 Å². The van der Waals surface area contributed by atoms with Crippen LogP contribution in [-0.2, 0) is 6.42 Å². The average Bonchev–Trinajstić information content (AvgIpc) is 2.75. The number of benzene rings is 2. The summed E-state index contributed by atoms with van der Waals surface area (Å²) >= 11 is 0. The number of rotatable bonds is 6. The first kappa shape index (κ1) is 22.5. The molecule has 1 heterocycles. The van der Waals surface area contributed by atoms with Gasteiger partial charge in [0, 0.05) is 17.8 Å². The molecular formula is C25H28FN3O2. The van der Waals surface area contributed by atoms with Crippen molar-refractivity contribution in [2.45, 2.75) is 26.2 Å². The van der Waals surface area contributed by atoms with Gasteiger partial charge in [0.2, 0.25) is 0 Å². The maximum atomic E-state index is 13.1. The zero-order chi connectivity index (χ0) is 22.1. The van der Waals surface area contributed by atoms with Crippen LogP contribution < -0.4 is 10.6 Å². The van der Waals surface area contributed by atoms with Gasteiger partial charge in [0.15, 0.2) is 5.78 Å². The predicted molar refractivity (Wildman–Crippen MR) is 121 cm³/mol. The number of likely N-dealkylation sites (tertiary alicyclic amines) is 1. The molecule has 0 bridgehead atoms. The first-order chi connectivity index (χ1) is 15.0. The molecule has 1 unspecified atom stereocenters. The number of hydrogen-bond acceptors (Lipinski definition) is 3. The smallest absolute Gasteiger partial charge is 0.319 e. The summed E-state index contributed by atoms with van der Waals surface area (Å²) in [5.41, 5.74) is 2.29. The molecule has 1 atom stereocenters. The largest absolute Gasteiger partial charge is 0.327 e. The van der Waals surface area contributed by atoms with Gasteiger partial charge in [0.05, 0.1) is 13.1 Å². The lowest BCUT2D eigenvalue weighted by Gasteiger charge is -2.31. The zero-order valence-electron chi connectivity index (χ0n) is 17.8. The number of hydrogen-bond donors (Lipinski definition) is 2. The van der Waals surface area contributed by atoms with Crippen molar-refractivity contribution in [1.29, 1.82) is 0 Å². The number of halogens is 1. The standard InChI is InChI=1S/C25H28FN3O2/c1-19(30)22-7-4-8-24(17-22)28-25(31)27-13-2-3-14-29-15-5-6-21(18-29)16-20-9-11-23(26)12-10-20/h4,7-12,17,21H,5-6,13-16,18H2,1H3,(H2,27,28,31). The third-order valence-electron chi connectivity index (χ3n) is 5.33. The minimum atomic E-state index is -0.354. The Labute approximate surface area is 183 Å².